The van der Waals surface area contributed by atoms with Crippen molar-refractivity contribution >= 4 is 35.8 Å². The number of nitrogens with zero attached hydrogens (tertiary/aromatic N) is 3. The summed E-state index contributed by atoms with van der Waals surface area (Å²) in [6.07, 6.45) is 1.23. The normalized spacial score (nSPS) is 15.4. The molecule has 1 aliphatic rings. The zero-order valence-electron chi connectivity index (χ0n) is 17.2. The van der Waals surface area contributed by atoms with Crippen LogP contribution in [-0.2, 0) is 0 Å². The van der Waals surface area contributed by atoms with Crippen LogP contribution in [0.15, 0.2) is 52.1 Å². The second kappa shape index (κ2) is 11.8. The van der Waals surface area contributed by atoms with E-state index < -0.39 is 0 Å². The maximum absolute atomic E-state index is 13.7. The molecule has 9 heteroatoms. The fourth-order valence-corrected chi connectivity index (χ4v) is 3.11. The molecule has 1 N–H and O–H groups in total. The second-order valence-electron chi connectivity index (χ2n) is 6.81. The van der Waals surface area contributed by atoms with Gasteiger partial charge in [0.05, 0.1) is 12.8 Å². The molecule has 1 amide bonds. The van der Waals surface area contributed by atoms with Crippen molar-refractivity contribution in [2.45, 2.75) is 20.0 Å². The molecule has 7 nitrogen and oxygen atoms in total. The third-order valence-electron chi connectivity index (χ3n) is 4.60. The van der Waals surface area contributed by atoms with Crippen LogP contribution in [0.3, 0.4) is 0 Å². The molecule has 1 aliphatic heterocycles. The van der Waals surface area contributed by atoms with Crippen LogP contribution in [0.25, 0.3) is 0 Å². The van der Waals surface area contributed by atoms with Gasteiger partial charge in [-0.05, 0) is 38.1 Å². The molecule has 2 heterocycles. The monoisotopic (exact) mass is 530 g/mol. The van der Waals surface area contributed by atoms with Crippen LogP contribution in [0, 0.1) is 5.82 Å². The van der Waals surface area contributed by atoms with Crippen molar-refractivity contribution in [3.63, 3.8) is 0 Å². The highest BCUT2D eigenvalue weighted by Crippen LogP contribution is 2.17. The smallest absolute Gasteiger partial charge is 0.289 e. The minimum Gasteiger partial charge on any atom is -0.486 e. The van der Waals surface area contributed by atoms with Crippen molar-refractivity contribution in [1.82, 2.24) is 15.1 Å². The summed E-state index contributed by atoms with van der Waals surface area (Å²) in [5.41, 5.74) is 0. The summed E-state index contributed by atoms with van der Waals surface area (Å²) in [6.45, 7) is 7.50. The highest BCUT2D eigenvalue weighted by Gasteiger charge is 2.25. The number of carbonyl (C=O) groups excluding carboxylic acids is 1. The van der Waals surface area contributed by atoms with Crippen LogP contribution in [-0.4, -0.2) is 67.0 Å². The van der Waals surface area contributed by atoms with E-state index in [1.807, 2.05) is 13.8 Å². The van der Waals surface area contributed by atoms with Gasteiger partial charge in [0.15, 0.2) is 23.3 Å². The van der Waals surface area contributed by atoms with Crippen LogP contribution in [0.2, 0.25) is 0 Å². The quantitative estimate of drug-likeness (QED) is 0.353. The van der Waals surface area contributed by atoms with Gasteiger partial charge in [0.1, 0.15) is 6.10 Å². The molecule has 1 saturated heterocycles. The fraction of sp³-hybridized carbons (Fsp3) is 0.429. The van der Waals surface area contributed by atoms with Crippen LogP contribution in [0.4, 0.5) is 4.39 Å². The number of amides is 1. The lowest BCUT2D eigenvalue weighted by Crippen LogP contribution is -2.53. The summed E-state index contributed by atoms with van der Waals surface area (Å²) >= 11 is 0. The number of guanidine groups is 1. The number of carbonyl (C=O) groups is 1. The van der Waals surface area contributed by atoms with E-state index in [-0.39, 0.29) is 47.6 Å². The molecule has 0 spiro atoms. The lowest BCUT2D eigenvalue weighted by molar-refractivity contribution is 0.0657. The molecule has 1 aromatic heterocycles. The van der Waals surface area contributed by atoms with Gasteiger partial charge in [-0.2, -0.15) is 0 Å². The van der Waals surface area contributed by atoms with Gasteiger partial charge in [0, 0.05) is 32.7 Å². The first kappa shape index (κ1) is 24.0. The van der Waals surface area contributed by atoms with E-state index in [1.54, 1.807) is 35.2 Å². The topological polar surface area (TPSA) is 70.3 Å². The molecule has 0 radical (unpaired) electrons. The molecule has 1 aromatic carbocycles. The zero-order chi connectivity index (χ0) is 20.6. The molecule has 1 fully saturated rings. The van der Waals surface area contributed by atoms with Crippen LogP contribution in [0.5, 0.6) is 5.75 Å². The number of halogens is 2. The maximum atomic E-state index is 13.7. The SMILES string of the molecule is CCNC(=NCC(C)Oc1ccccc1F)N1CCN(C(=O)c2ccco2)CC1.I. The number of piperazine rings is 1. The van der Waals surface area contributed by atoms with Crippen LogP contribution < -0.4 is 10.1 Å². The van der Waals surface area contributed by atoms with Crippen LogP contribution in [0.1, 0.15) is 24.4 Å². The van der Waals surface area contributed by atoms with Crippen molar-refractivity contribution in [3.05, 3.63) is 54.2 Å². The molecule has 3 rings (SSSR count). The first-order valence-electron chi connectivity index (χ1n) is 9.85. The Bertz CT molecular complexity index is 823. The van der Waals surface area contributed by atoms with Gasteiger partial charge in [-0.3, -0.25) is 4.79 Å². The first-order valence-corrected chi connectivity index (χ1v) is 9.85. The highest BCUT2D eigenvalue weighted by molar-refractivity contribution is 14.0. The van der Waals surface area contributed by atoms with Crippen molar-refractivity contribution in [2.75, 3.05) is 39.3 Å². The van der Waals surface area contributed by atoms with E-state index in [2.05, 4.69) is 15.2 Å². The summed E-state index contributed by atoms with van der Waals surface area (Å²) < 4.78 is 24.6. The highest BCUT2D eigenvalue weighted by atomic mass is 127. The number of nitrogens with one attached hydrogen (secondary N) is 1. The van der Waals surface area contributed by atoms with Crippen molar-refractivity contribution in [2.24, 2.45) is 4.99 Å². The summed E-state index contributed by atoms with van der Waals surface area (Å²) in [6, 6.07) is 9.74. The van der Waals surface area contributed by atoms with Gasteiger partial charge in [-0.25, -0.2) is 9.38 Å². The minimum atomic E-state index is -0.382. The third kappa shape index (κ3) is 6.35. The molecule has 0 aliphatic carbocycles. The maximum Gasteiger partial charge on any atom is 0.289 e. The predicted molar refractivity (Wildman–Crippen MR) is 124 cm³/mol. The van der Waals surface area contributed by atoms with Gasteiger partial charge in [-0.1, -0.05) is 12.1 Å². The molecule has 164 valence electrons. The Morgan fingerprint density at radius 2 is 1.90 bits per heavy atom. The Morgan fingerprint density at radius 1 is 1.20 bits per heavy atom. The fourth-order valence-electron chi connectivity index (χ4n) is 3.11. The number of hydrogen-bond donors (Lipinski definition) is 1. The number of furan rings is 1. The molecular weight excluding hydrogens is 502 g/mol. The molecule has 2 aromatic rings. The zero-order valence-corrected chi connectivity index (χ0v) is 19.5. The lowest BCUT2D eigenvalue weighted by atomic mass is 10.3. The average molecular weight is 530 g/mol. The number of ether oxygens (including phenoxy) is 1. The lowest BCUT2D eigenvalue weighted by Gasteiger charge is -2.36. The number of hydrogen-bond acceptors (Lipinski definition) is 4. The Kier molecular flexibility index (Phi) is 9.41. The van der Waals surface area contributed by atoms with Crippen molar-refractivity contribution < 1.29 is 18.3 Å². The molecule has 0 bridgehead atoms. The average Bonchev–Trinajstić information content (AvgIpc) is 3.27. The standard InChI is InChI=1S/C21H27FN4O3.HI/c1-3-23-21(24-15-16(2)29-18-8-5-4-7-17(18)22)26-12-10-25(11-13-26)20(27)19-9-6-14-28-19;/h4-9,14,16H,3,10-13,15H2,1-2H3,(H,23,24);1H. The first-order chi connectivity index (χ1) is 14.1. The van der Waals surface area contributed by atoms with E-state index in [0.717, 1.165) is 12.5 Å². The number of benzene rings is 1. The van der Waals surface area contributed by atoms with E-state index in [1.165, 1.54) is 12.3 Å². The number of aliphatic imine (C=N–C) groups is 1. The van der Waals surface area contributed by atoms with Crippen molar-refractivity contribution in [1.29, 1.82) is 0 Å². The summed E-state index contributed by atoms with van der Waals surface area (Å²) in [4.78, 5) is 20.9. The second-order valence-corrected chi connectivity index (χ2v) is 6.81. The van der Waals surface area contributed by atoms with E-state index >= 15 is 0 Å². The van der Waals surface area contributed by atoms with Crippen molar-refractivity contribution in [3.8, 4) is 5.75 Å². The van der Waals surface area contributed by atoms with Crippen LogP contribution >= 0.6 is 24.0 Å². The Labute approximate surface area is 193 Å². The Hall–Kier alpha value is -2.30. The van der Waals surface area contributed by atoms with Gasteiger partial charge >= 0.3 is 0 Å². The predicted octanol–water partition coefficient (Wildman–Crippen LogP) is 3.23. The third-order valence-corrected chi connectivity index (χ3v) is 4.60. The van der Waals surface area contributed by atoms with Gasteiger partial charge in [-0.15, -0.1) is 24.0 Å². The summed E-state index contributed by atoms with van der Waals surface area (Å²) in [5, 5.41) is 3.28. The minimum absolute atomic E-state index is 0. The molecular formula is C21H28FIN4O3. The largest absolute Gasteiger partial charge is 0.486 e. The molecule has 30 heavy (non-hydrogen) atoms. The summed E-state index contributed by atoms with van der Waals surface area (Å²) in [5.74, 6) is 0.876. The van der Waals surface area contributed by atoms with Gasteiger partial charge < -0.3 is 24.3 Å². The number of para-hydroxylation sites is 1. The Balaban J connectivity index is 0.00000320. The van der Waals surface area contributed by atoms with E-state index in [9.17, 15) is 9.18 Å². The molecule has 0 saturated carbocycles. The van der Waals surface area contributed by atoms with Gasteiger partial charge in [0.25, 0.3) is 5.91 Å². The molecule has 1 atom stereocenters. The number of rotatable bonds is 6. The summed E-state index contributed by atoms with van der Waals surface area (Å²) in [7, 11) is 0. The van der Waals surface area contributed by atoms with Gasteiger partial charge in [0.2, 0.25) is 0 Å². The van der Waals surface area contributed by atoms with E-state index in [4.69, 9.17) is 9.15 Å². The van der Waals surface area contributed by atoms with E-state index in [0.29, 0.717) is 38.5 Å². The Morgan fingerprint density at radius 3 is 2.53 bits per heavy atom. The molecule has 1 unspecified atom stereocenters.